The van der Waals surface area contributed by atoms with Gasteiger partial charge in [-0.15, -0.1) is 0 Å². The first-order valence-corrected chi connectivity index (χ1v) is 5.87. The van der Waals surface area contributed by atoms with E-state index in [2.05, 4.69) is 10.3 Å². The van der Waals surface area contributed by atoms with E-state index in [0.29, 0.717) is 5.56 Å². The van der Waals surface area contributed by atoms with Crippen LogP contribution in [0.15, 0.2) is 18.3 Å². The van der Waals surface area contributed by atoms with Crippen LogP contribution in [0.3, 0.4) is 0 Å². The molecule has 0 amide bonds. The zero-order valence-corrected chi connectivity index (χ0v) is 10.1. The summed E-state index contributed by atoms with van der Waals surface area (Å²) >= 11 is 0. The van der Waals surface area contributed by atoms with Crippen molar-refractivity contribution in [3.63, 3.8) is 0 Å². The van der Waals surface area contributed by atoms with Gasteiger partial charge >= 0.3 is 6.18 Å². The molecule has 0 saturated carbocycles. The third-order valence-corrected chi connectivity index (χ3v) is 3.51. The van der Waals surface area contributed by atoms with Crippen LogP contribution >= 0.6 is 0 Å². The second-order valence-corrected chi connectivity index (χ2v) is 4.65. The molecule has 1 atom stereocenters. The van der Waals surface area contributed by atoms with E-state index in [1.54, 1.807) is 6.07 Å². The molecule has 3 N–H and O–H groups in total. The van der Waals surface area contributed by atoms with Crippen molar-refractivity contribution >= 4 is 11.6 Å². The molecule has 0 aliphatic carbocycles. The number of nitrogens with one attached hydrogen (secondary N) is 1. The number of anilines is 1. The molecule has 0 radical (unpaired) electrons. The van der Waals surface area contributed by atoms with Gasteiger partial charge in [-0.2, -0.15) is 13.2 Å². The average Bonchev–Trinajstić information content (AvgIpc) is 2.82. The zero-order valence-electron chi connectivity index (χ0n) is 10.1. The van der Waals surface area contributed by atoms with E-state index < -0.39 is 17.4 Å². The van der Waals surface area contributed by atoms with Crippen molar-refractivity contribution in [2.45, 2.75) is 19.0 Å². The second kappa shape index (κ2) is 4.80. The Morgan fingerprint density at radius 3 is 2.79 bits per heavy atom. The zero-order chi connectivity index (χ0) is 14.1. The van der Waals surface area contributed by atoms with Crippen molar-refractivity contribution in [2.24, 2.45) is 5.41 Å². The molecule has 0 bridgehead atoms. The van der Waals surface area contributed by atoms with Crippen molar-refractivity contribution < 1.29 is 18.0 Å². The number of carbonyl (C=O) groups is 1. The lowest BCUT2D eigenvalue weighted by atomic mass is 9.79. The Labute approximate surface area is 108 Å². The predicted octanol–water partition coefficient (Wildman–Crippen LogP) is 1.32. The average molecular weight is 273 g/mol. The molecular weight excluding hydrogens is 259 g/mol. The van der Waals surface area contributed by atoms with Crippen LogP contribution in [0.4, 0.5) is 19.0 Å². The summed E-state index contributed by atoms with van der Waals surface area (Å²) < 4.78 is 39.5. The summed E-state index contributed by atoms with van der Waals surface area (Å²) in [5.74, 6) is -0.760. The van der Waals surface area contributed by atoms with E-state index in [1.165, 1.54) is 12.3 Å². The summed E-state index contributed by atoms with van der Waals surface area (Å²) in [7, 11) is 0. The van der Waals surface area contributed by atoms with Crippen LogP contribution in [-0.2, 0) is 11.2 Å². The van der Waals surface area contributed by atoms with Gasteiger partial charge in [-0.1, -0.05) is 6.07 Å². The molecule has 1 unspecified atom stereocenters. The van der Waals surface area contributed by atoms with Crippen LogP contribution in [0.2, 0.25) is 0 Å². The predicted molar refractivity (Wildman–Crippen MR) is 63.3 cm³/mol. The summed E-state index contributed by atoms with van der Waals surface area (Å²) in [6.45, 7) is -0.177. The largest absolute Gasteiger partial charge is 0.402 e. The van der Waals surface area contributed by atoms with Crippen LogP contribution in [0, 0.1) is 5.41 Å². The Balaban J connectivity index is 2.25. The van der Waals surface area contributed by atoms with E-state index >= 15 is 0 Å². The van der Waals surface area contributed by atoms with Gasteiger partial charge in [0.15, 0.2) is 5.78 Å². The molecular formula is C12H14F3N3O. The van der Waals surface area contributed by atoms with Crippen molar-refractivity contribution in [3.05, 3.63) is 23.9 Å². The van der Waals surface area contributed by atoms with Gasteiger partial charge in [0.25, 0.3) is 0 Å². The first-order chi connectivity index (χ1) is 8.87. The smallest absolute Gasteiger partial charge is 0.383 e. The van der Waals surface area contributed by atoms with Gasteiger partial charge < -0.3 is 11.1 Å². The third kappa shape index (κ3) is 2.42. The number of nitrogens with two attached hydrogens (primary N) is 1. The second-order valence-electron chi connectivity index (χ2n) is 4.65. The maximum absolute atomic E-state index is 13.2. The third-order valence-electron chi connectivity index (χ3n) is 3.51. The number of halogens is 3. The highest BCUT2D eigenvalue weighted by Gasteiger charge is 2.60. The number of aromatic nitrogens is 1. The Kier molecular flexibility index (Phi) is 3.49. The highest BCUT2D eigenvalue weighted by molar-refractivity contribution is 5.89. The number of nitrogens with zero attached hydrogens (tertiary/aromatic N) is 1. The molecule has 2 heterocycles. The number of Topliss-reactive ketones (excluding diaryl/α,β-unsaturated/α-hetero) is 1. The molecule has 2 rings (SSSR count). The van der Waals surface area contributed by atoms with Crippen LogP contribution in [0.5, 0.6) is 0 Å². The SMILES string of the molecule is Nc1ncccc1CC(=O)C1(C(F)(F)F)CCNC1. The molecule has 1 aliphatic heterocycles. The van der Waals surface area contributed by atoms with Gasteiger partial charge in [0, 0.05) is 24.7 Å². The molecule has 7 heteroatoms. The quantitative estimate of drug-likeness (QED) is 0.871. The summed E-state index contributed by atoms with van der Waals surface area (Å²) in [6, 6.07) is 3.07. The number of carbonyl (C=O) groups excluding carboxylic acids is 1. The van der Waals surface area contributed by atoms with Crippen LogP contribution in [-0.4, -0.2) is 30.0 Å². The number of hydrogen-bond donors (Lipinski definition) is 2. The van der Waals surface area contributed by atoms with Crippen molar-refractivity contribution in [1.82, 2.24) is 10.3 Å². The Hall–Kier alpha value is -1.63. The maximum Gasteiger partial charge on any atom is 0.402 e. The highest BCUT2D eigenvalue weighted by Crippen LogP contribution is 2.44. The maximum atomic E-state index is 13.2. The molecule has 1 saturated heterocycles. The topological polar surface area (TPSA) is 68.0 Å². The summed E-state index contributed by atoms with van der Waals surface area (Å²) in [5.41, 5.74) is 3.60. The van der Waals surface area contributed by atoms with E-state index in [0.717, 1.165) is 0 Å². The van der Waals surface area contributed by atoms with Gasteiger partial charge in [-0.05, 0) is 19.0 Å². The minimum Gasteiger partial charge on any atom is -0.383 e. The fourth-order valence-corrected chi connectivity index (χ4v) is 2.27. The Morgan fingerprint density at radius 1 is 1.53 bits per heavy atom. The number of alkyl halides is 3. The lowest BCUT2D eigenvalue weighted by molar-refractivity contribution is -0.214. The molecule has 4 nitrogen and oxygen atoms in total. The summed E-state index contributed by atoms with van der Waals surface area (Å²) in [5, 5.41) is 2.61. The van der Waals surface area contributed by atoms with Crippen LogP contribution in [0.1, 0.15) is 12.0 Å². The monoisotopic (exact) mass is 273 g/mol. The van der Waals surface area contributed by atoms with Gasteiger partial charge in [-0.25, -0.2) is 4.98 Å². The Morgan fingerprint density at radius 2 is 2.26 bits per heavy atom. The van der Waals surface area contributed by atoms with Crippen molar-refractivity contribution in [2.75, 3.05) is 18.8 Å². The van der Waals surface area contributed by atoms with Crippen LogP contribution < -0.4 is 11.1 Å². The number of ketones is 1. The summed E-state index contributed by atoms with van der Waals surface area (Å²) in [6.07, 6.45) is -3.69. The van der Waals surface area contributed by atoms with Gasteiger partial charge in [0.1, 0.15) is 11.2 Å². The molecule has 0 spiro atoms. The molecule has 1 aromatic rings. The number of pyridine rings is 1. The van der Waals surface area contributed by atoms with Gasteiger partial charge in [0.2, 0.25) is 0 Å². The van der Waals surface area contributed by atoms with Crippen LogP contribution in [0.25, 0.3) is 0 Å². The number of hydrogen-bond acceptors (Lipinski definition) is 4. The molecule has 19 heavy (non-hydrogen) atoms. The normalized spacial score (nSPS) is 23.5. The van der Waals surface area contributed by atoms with E-state index in [9.17, 15) is 18.0 Å². The van der Waals surface area contributed by atoms with E-state index in [-0.39, 0.29) is 31.7 Å². The van der Waals surface area contributed by atoms with E-state index in [1.807, 2.05) is 0 Å². The molecule has 1 fully saturated rings. The molecule has 1 aliphatic rings. The van der Waals surface area contributed by atoms with Crippen molar-refractivity contribution in [3.8, 4) is 0 Å². The first kappa shape index (κ1) is 13.8. The standard InChI is InChI=1S/C12H14F3N3O/c13-12(14,15)11(3-5-17-7-11)9(19)6-8-2-1-4-18-10(8)16/h1-2,4,17H,3,5-7H2,(H2,16,18). The number of rotatable bonds is 3. The fraction of sp³-hybridized carbons (Fsp3) is 0.500. The minimum absolute atomic E-state index is 0.0964. The van der Waals surface area contributed by atoms with E-state index in [4.69, 9.17) is 5.73 Å². The van der Waals surface area contributed by atoms with Crippen molar-refractivity contribution in [1.29, 1.82) is 0 Å². The van der Waals surface area contributed by atoms with Gasteiger partial charge in [0.05, 0.1) is 0 Å². The first-order valence-electron chi connectivity index (χ1n) is 5.87. The summed E-state index contributed by atoms with van der Waals surface area (Å²) in [4.78, 5) is 15.9. The lowest BCUT2D eigenvalue weighted by Crippen LogP contribution is -2.47. The van der Waals surface area contributed by atoms with Gasteiger partial charge in [-0.3, -0.25) is 4.79 Å². The Bertz CT molecular complexity index is 481. The number of nitrogen functional groups attached to an aromatic ring is 1. The molecule has 0 aromatic carbocycles. The lowest BCUT2D eigenvalue weighted by Gasteiger charge is -2.29. The fourth-order valence-electron chi connectivity index (χ4n) is 2.27. The minimum atomic E-state index is -4.55. The highest BCUT2D eigenvalue weighted by atomic mass is 19.4. The molecule has 104 valence electrons. The molecule has 1 aromatic heterocycles.